The number of carbonyl (C=O) groups is 1. The fourth-order valence-electron chi connectivity index (χ4n) is 1.97. The van der Waals surface area contributed by atoms with Gasteiger partial charge in [0.25, 0.3) is 0 Å². The molecule has 3 N–H and O–H groups in total. The monoisotopic (exact) mass is 348 g/mol. The second-order valence-electron chi connectivity index (χ2n) is 5.26. The van der Waals surface area contributed by atoms with E-state index in [2.05, 4.69) is 10.6 Å². The van der Waals surface area contributed by atoms with E-state index < -0.39 is 6.35 Å². The van der Waals surface area contributed by atoms with Crippen molar-refractivity contribution >= 4 is 17.5 Å². The molecule has 0 aliphatic carbocycles. The highest BCUT2D eigenvalue weighted by atomic mass is 35.5. The van der Waals surface area contributed by atoms with E-state index in [-0.39, 0.29) is 5.91 Å². The molecule has 0 aromatic heterocycles. The third kappa shape index (κ3) is 6.20. The molecule has 0 spiro atoms. The molecule has 0 unspecified atom stereocenters. The van der Waals surface area contributed by atoms with E-state index in [0.29, 0.717) is 24.6 Å². The molecular weight excluding hydrogens is 328 g/mol. The molecular formula is C18H21ClN2O3. The van der Waals surface area contributed by atoms with Crippen molar-refractivity contribution in [3.63, 3.8) is 0 Å². The number of benzene rings is 2. The number of amides is 1. The second kappa shape index (κ2) is 9.27. The highest BCUT2D eigenvalue weighted by molar-refractivity contribution is 6.30. The summed E-state index contributed by atoms with van der Waals surface area (Å²) in [7, 11) is 0. The zero-order valence-electron chi connectivity index (χ0n) is 13.5. The quantitative estimate of drug-likeness (QED) is 0.641. The summed E-state index contributed by atoms with van der Waals surface area (Å²) in [6.07, 6.45) is -0.725. The molecule has 1 amide bonds. The van der Waals surface area contributed by atoms with E-state index in [9.17, 15) is 9.90 Å². The van der Waals surface area contributed by atoms with Gasteiger partial charge in [-0.3, -0.25) is 10.1 Å². The minimum Gasteiger partial charge on any atom is -0.489 e. The maximum Gasteiger partial charge on any atom is 0.222 e. The molecule has 2 rings (SSSR count). The smallest absolute Gasteiger partial charge is 0.222 e. The van der Waals surface area contributed by atoms with Crippen LogP contribution in [0.3, 0.4) is 0 Å². The first kappa shape index (κ1) is 18.3. The van der Waals surface area contributed by atoms with Gasteiger partial charge in [0.15, 0.2) is 6.35 Å². The Morgan fingerprint density at radius 3 is 2.38 bits per heavy atom. The average Bonchev–Trinajstić information content (AvgIpc) is 2.60. The Balaban J connectivity index is 1.78. The van der Waals surface area contributed by atoms with Crippen molar-refractivity contribution in [1.82, 2.24) is 10.6 Å². The number of ether oxygens (including phenoxy) is 1. The van der Waals surface area contributed by atoms with Gasteiger partial charge in [-0.2, -0.15) is 0 Å². The first-order chi connectivity index (χ1) is 11.6. The summed E-state index contributed by atoms with van der Waals surface area (Å²) < 4.78 is 5.71. The van der Waals surface area contributed by atoms with Gasteiger partial charge in [0.1, 0.15) is 12.4 Å². The summed E-state index contributed by atoms with van der Waals surface area (Å²) in [6.45, 7) is 2.63. The van der Waals surface area contributed by atoms with Crippen LogP contribution in [0.25, 0.3) is 0 Å². The van der Waals surface area contributed by atoms with Crippen LogP contribution < -0.4 is 15.4 Å². The van der Waals surface area contributed by atoms with E-state index >= 15 is 0 Å². The summed E-state index contributed by atoms with van der Waals surface area (Å²) in [5, 5.41) is 15.6. The number of nitrogens with one attached hydrogen (secondary N) is 2. The van der Waals surface area contributed by atoms with Gasteiger partial charge >= 0.3 is 0 Å². The van der Waals surface area contributed by atoms with Crippen molar-refractivity contribution < 1.29 is 14.6 Å². The largest absolute Gasteiger partial charge is 0.489 e. The van der Waals surface area contributed by atoms with Crippen LogP contribution in [-0.2, 0) is 17.9 Å². The third-order valence-corrected chi connectivity index (χ3v) is 3.61. The summed E-state index contributed by atoms with van der Waals surface area (Å²) in [5.74, 6) is 0.550. The molecule has 0 fully saturated rings. The van der Waals surface area contributed by atoms with Crippen molar-refractivity contribution in [2.45, 2.75) is 32.8 Å². The maximum absolute atomic E-state index is 11.2. The number of aliphatic hydroxyl groups is 1. The maximum atomic E-state index is 11.2. The van der Waals surface area contributed by atoms with Gasteiger partial charge in [0.05, 0.1) is 0 Å². The molecule has 0 radical (unpaired) electrons. The molecule has 2 aromatic carbocycles. The Morgan fingerprint density at radius 1 is 1.12 bits per heavy atom. The van der Waals surface area contributed by atoms with Crippen molar-refractivity contribution in [3.8, 4) is 5.75 Å². The molecule has 0 aliphatic rings. The molecule has 2 aromatic rings. The second-order valence-corrected chi connectivity index (χ2v) is 5.70. The van der Waals surface area contributed by atoms with Crippen LogP contribution in [-0.4, -0.2) is 17.4 Å². The summed E-state index contributed by atoms with van der Waals surface area (Å²) in [4.78, 5) is 11.2. The highest BCUT2D eigenvalue weighted by Gasteiger charge is 2.06. The Morgan fingerprint density at radius 2 is 1.75 bits per heavy atom. The van der Waals surface area contributed by atoms with Crippen LogP contribution in [0.5, 0.6) is 5.75 Å². The molecule has 0 aliphatic heterocycles. The zero-order chi connectivity index (χ0) is 17.4. The predicted molar refractivity (Wildman–Crippen MR) is 93.5 cm³/mol. The lowest BCUT2D eigenvalue weighted by Crippen LogP contribution is -2.44. The van der Waals surface area contributed by atoms with Crippen LogP contribution in [0.4, 0.5) is 0 Å². The van der Waals surface area contributed by atoms with Gasteiger partial charge in [-0.1, -0.05) is 42.8 Å². The van der Waals surface area contributed by atoms with E-state index in [1.807, 2.05) is 48.5 Å². The van der Waals surface area contributed by atoms with Gasteiger partial charge in [0, 0.05) is 18.0 Å². The number of carbonyl (C=O) groups excluding carboxylic acids is 1. The van der Waals surface area contributed by atoms with Crippen molar-refractivity contribution in [2.24, 2.45) is 0 Å². The van der Waals surface area contributed by atoms with Crippen molar-refractivity contribution in [2.75, 3.05) is 0 Å². The van der Waals surface area contributed by atoms with E-state index in [1.165, 1.54) is 0 Å². The van der Waals surface area contributed by atoms with Crippen LogP contribution in [0.1, 0.15) is 24.5 Å². The van der Waals surface area contributed by atoms with Gasteiger partial charge < -0.3 is 15.2 Å². The summed E-state index contributed by atoms with van der Waals surface area (Å²) >= 11 is 5.85. The van der Waals surface area contributed by atoms with E-state index in [0.717, 1.165) is 16.9 Å². The van der Waals surface area contributed by atoms with Crippen LogP contribution in [0.15, 0.2) is 48.5 Å². The Bertz CT molecular complexity index is 644. The fourth-order valence-corrected chi connectivity index (χ4v) is 2.10. The number of hydrogen-bond donors (Lipinski definition) is 3. The minimum absolute atomic E-state index is 0.207. The van der Waals surface area contributed by atoms with Gasteiger partial charge in [0.2, 0.25) is 5.91 Å². The molecule has 5 nitrogen and oxygen atoms in total. The summed E-state index contributed by atoms with van der Waals surface area (Å²) in [5.41, 5.74) is 2.01. The predicted octanol–water partition coefficient (Wildman–Crippen LogP) is 2.81. The molecule has 0 heterocycles. The van der Waals surface area contributed by atoms with Gasteiger partial charge in [-0.05, 0) is 35.4 Å². The van der Waals surface area contributed by atoms with Gasteiger partial charge in [-0.15, -0.1) is 0 Å². The number of rotatable bonds is 8. The lowest BCUT2D eigenvalue weighted by molar-refractivity contribution is -0.124. The molecule has 0 saturated heterocycles. The van der Waals surface area contributed by atoms with E-state index in [4.69, 9.17) is 16.3 Å². The molecule has 1 atom stereocenters. The highest BCUT2D eigenvalue weighted by Crippen LogP contribution is 2.15. The molecule has 0 bridgehead atoms. The molecule has 6 heteroatoms. The standard InChI is InChI=1S/C18H21ClN2O3/c1-2-17(22)21-18(23)20-11-13-5-9-16(10-6-13)24-12-14-3-7-15(19)8-4-14/h3-10,18,20,23H,2,11-12H2,1H3,(H,21,22)/t18-/m0/s1. The van der Waals surface area contributed by atoms with Gasteiger partial charge in [-0.25, -0.2) is 0 Å². The molecule has 24 heavy (non-hydrogen) atoms. The molecule has 128 valence electrons. The lowest BCUT2D eigenvalue weighted by atomic mass is 10.2. The first-order valence-electron chi connectivity index (χ1n) is 7.74. The van der Waals surface area contributed by atoms with Crippen molar-refractivity contribution in [1.29, 1.82) is 0 Å². The average molecular weight is 349 g/mol. The van der Waals surface area contributed by atoms with E-state index in [1.54, 1.807) is 6.92 Å². The minimum atomic E-state index is -1.06. The third-order valence-electron chi connectivity index (χ3n) is 3.36. The van der Waals surface area contributed by atoms with Crippen molar-refractivity contribution in [3.05, 3.63) is 64.7 Å². The Labute approximate surface area is 146 Å². The molecule has 0 saturated carbocycles. The topological polar surface area (TPSA) is 70.6 Å². The summed E-state index contributed by atoms with van der Waals surface area (Å²) in [6, 6.07) is 15.0. The Hall–Kier alpha value is -2.08. The normalized spacial score (nSPS) is 11.8. The number of aliphatic hydroxyl groups excluding tert-OH is 1. The zero-order valence-corrected chi connectivity index (χ0v) is 14.2. The lowest BCUT2D eigenvalue weighted by Gasteiger charge is -2.14. The number of hydrogen-bond acceptors (Lipinski definition) is 4. The van der Waals surface area contributed by atoms with Crippen LogP contribution >= 0.6 is 11.6 Å². The first-order valence-corrected chi connectivity index (χ1v) is 8.11. The van der Waals surface area contributed by atoms with Crippen LogP contribution in [0.2, 0.25) is 5.02 Å². The number of halogens is 1. The van der Waals surface area contributed by atoms with Crippen LogP contribution in [0, 0.1) is 0 Å². The Kier molecular flexibility index (Phi) is 7.06. The SMILES string of the molecule is CCC(=O)N[C@@H](O)NCc1ccc(OCc2ccc(Cl)cc2)cc1. The fraction of sp³-hybridized carbons (Fsp3) is 0.278.